The van der Waals surface area contributed by atoms with Crippen molar-refractivity contribution in [1.82, 2.24) is 4.98 Å². The SMILES string of the molecule is Clc1c[c]ccc1Nc1nc2ccccc2o1. The molecule has 0 fully saturated rings. The second-order valence-corrected chi connectivity index (χ2v) is 3.92. The molecule has 0 aliphatic rings. The Morgan fingerprint density at radius 1 is 1.24 bits per heavy atom. The van der Waals surface area contributed by atoms with Gasteiger partial charge in [-0.3, -0.25) is 0 Å². The predicted octanol–water partition coefficient (Wildman–Crippen LogP) is 4.02. The Bertz CT molecular complexity index is 630. The Morgan fingerprint density at radius 2 is 2.12 bits per heavy atom. The van der Waals surface area contributed by atoms with Gasteiger partial charge in [-0.1, -0.05) is 29.8 Å². The summed E-state index contributed by atoms with van der Waals surface area (Å²) in [4.78, 5) is 4.30. The molecule has 3 aromatic rings. The number of hydrogen-bond donors (Lipinski definition) is 1. The van der Waals surface area contributed by atoms with Gasteiger partial charge in [0.15, 0.2) is 5.58 Å². The second kappa shape index (κ2) is 4.11. The fourth-order valence-corrected chi connectivity index (χ4v) is 1.73. The molecule has 4 heteroatoms. The van der Waals surface area contributed by atoms with Crippen LogP contribution >= 0.6 is 11.6 Å². The monoisotopic (exact) mass is 243 g/mol. The normalized spacial score (nSPS) is 10.6. The summed E-state index contributed by atoms with van der Waals surface area (Å²) in [5.41, 5.74) is 2.30. The molecule has 3 rings (SSSR count). The molecule has 3 nitrogen and oxygen atoms in total. The van der Waals surface area contributed by atoms with Gasteiger partial charge in [0.05, 0.1) is 10.7 Å². The topological polar surface area (TPSA) is 38.1 Å². The van der Waals surface area contributed by atoms with E-state index in [2.05, 4.69) is 16.4 Å². The summed E-state index contributed by atoms with van der Waals surface area (Å²) in [7, 11) is 0. The first-order valence-corrected chi connectivity index (χ1v) is 5.49. The van der Waals surface area contributed by atoms with Gasteiger partial charge in [0.25, 0.3) is 6.01 Å². The summed E-state index contributed by atoms with van der Waals surface area (Å²) < 4.78 is 5.54. The van der Waals surface area contributed by atoms with Crippen LogP contribution in [0, 0.1) is 6.07 Å². The molecule has 1 heterocycles. The van der Waals surface area contributed by atoms with Crippen LogP contribution in [0.4, 0.5) is 11.7 Å². The van der Waals surface area contributed by atoms with Gasteiger partial charge >= 0.3 is 0 Å². The molecule has 0 saturated heterocycles. The molecule has 17 heavy (non-hydrogen) atoms. The summed E-state index contributed by atoms with van der Waals surface area (Å²) in [6.45, 7) is 0. The van der Waals surface area contributed by atoms with Crippen LogP contribution in [-0.2, 0) is 0 Å². The van der Waals surface area contributed by atoms with Gasteiger partial charge < -0.3 is 9.73 Å². The minimum absolute atomic E-state index is 0.430. The zero-order chi connectivity index (χ0) is 11.7. The zero-order valence-electron chi connectivity index (χ0n) is 8.77. The highest BCUT2D eigenvalue weighted by Crippen LogP contribution is 2.26. The van der Waals surface area contributed by atoms with Crippen LogP contribution in [0.2, 0.25) is 5.02 Å². The Kier molecular flexibility index (Phi) is 2.46. The van der Waals surface area contributed by atoms with E-state index in [4.69, 9.17) is 16.0 Å². The van der Waals surface area contributed by atoms with E-state index in [-0.39, 0.29) is 0 Å². The molecule has 0 aliphatic heterocycles. The molecule has 1 N–H and O–H groups in total. The van der Waals surface area contributed by atoms with E-state index in [0.717, 1.165) is 16.8 Å². The highest BCUT2D eigenvalue weighted by atomic mass is 35.5. The van der Waals surface area contributed by atoms with Crippen LogP contribution in [0.1, 0.15) is 0 Å². The fraction of sp³-hybridized carbons (Fsp3) is 0. The van der Waals surface area contributed by atoms with E-state index in [0.29, 0.717) is 11.0 Å². The third kappa shape index (κ3) is 1.97. The largest absolute Gasteiger partial charge is 0.423 e. The van der Waals surface area contributed by atoms with Crippen molar-refractivity contribution in [3.05, 3.63) is 53.6 Å². The van der Waals surface area contributed by atoms with Gasteiger partial charge in [-0.2, -0.15) is 4.98 Å². The number of nitrogens with one attached hydrogen (secondary N) is 1. The number of aromatic nitrogens is 1. The van der Waals surface area contributed by atoms with E-state index in [1.807, 2.05) is 30.3 Å². The van der Waals surface area contributed by atoms with E-state index < -0.39 is 0 Å². The number of fused-ring (bicyclic) bond motifs is 1. The molecule has 0 amide bonds. The molecule has 2 aromatic carbocycles. The molecule has 0 aliphatic carbocycles. The highest BCUT2D eigenvalue weighted by molar-refractivity contribution is 6.33. The molecule has 0 spiro atoms. The average molecular weight is 244 g/mol. The van der Waals surface area contributed by atoms with Gasteiger partial charge in [-0.05, 0) is 30.3 Å². The van der Waals surface area contributed by atoms with Crippen LogP contribution in [0.5, 0.6) is 0 Å². The maximum Gasteiger partial charge on any atom is 0.300 e. The Balaban J connectivity index is 1.98. The van der Waals surface area contributed by atoms with Crippen LogP contribution in [0.15, 0.2) is 46.9 Å². The smallest absolute Gasteiger partial charge is 0.300 e. The second-order valence-electron chi connectivity index (χ2n) is 3.52. The fourth-order valence-electron chi connectivity index (χ4n) is 1.55. The Labute approximate surface area is 103 Å². The van der Waals surface area contributed by atoms with Crippen molar-refractivity contribution in [2.75, 3.05) is 5.32 Å². The van der Waals surface area contributed by atoms with E-state index in [1.54, 1.807) is 12.1 Å². The van der Waals surface area contributed by atoms with Gasteiger partial charge in [0, 0.05) is 0 Å². The standard InChI is InChI=1S/C13H8ClN2O/c14-9-5-1-2-6-10(9)15-13-16-11-7-3-4-8-12(11)17-13/h2-8H,(H,15,16). The third-order valence-corrected chi connectivity index (χ3v) is 2.66. The molecule has 83 valence electrons. The first kappa shape index (κ1) is 10.2. The van der Waals surface area contributed by atoms with Gasteiger partial charge in [0.2, 0.25) is 0 Å². The van der Waals surface area contributed by atoms with Gasteiger partial charge in [0.1, 0.15) is 5.52 Å². The Morgan fingerprint density at radius 3 is 2.94 bits per heavy atom. The van der Waals surface area contributed by atoms with Crippen molar-refractivity contribution in [2.45, 2.75) is 0 Å². The average Bonchev–Trinajstić information content (AvgIpc) is 2.74. The van der Waals surface area contributed by atoms with Gasteiger partial charge in [-0.25, -0.2) is 0 Å². The number of para-hydroxylation sites is 2. The quantitative estimate of drug-likeness (QED) is 0.739. The molecule has 0 saturated carbocycles. The lowest BCUT2D eigenvalue weighted by molar-refractivity contribution is 0.623. The molecule has 0 bridgehead atoms. The molecular formula is C13H8ClN2O. The number of nitrogens with zero attached hydrogens (tertiary/aromatic N) is 1. The lowest BCUT2D eigenvalue weighted by Crippen LogP contribution is -1.90. The summed E-state index contributed by atoms with van der Waals surface area (Å²) in [5, 5.41) is 3.61. The molecule has 0 atom stereocenters. The van der Waals surface area contributed by atoms with E-state index >= 15 is 0 Å². The lowest BCUT2D eigenvalue weighted by Gasteiger charge is -2.02. The minimum atomic E-state index is 0.430. The van der Waals surface area contributed by atoms with Crippen molar-refractivity contribution in [1.29, 1.82) is 0 Å². The van der Waals surface area contributed by atoms with E-state index in [9.17, 15) is 0 Å². The predicted molar refractivity (Wildman–Crippen MR) is 67.6 cm³/mol. The summed E-state index contributed by atoms with van der Waals surface area (Å²) in [5.74, 6) is 0. The number of benzene rings is 2. The summed E-state index contributed by atoms with van der Waals surface area (Å²) in [6.07, 6.45) is 0. The third-order valence-electron chi connectivity index (χ3n) is 2.35. The van der Waals surface area contributed by atoms with Crippen molar-refractivity contribution in [2.24, 2.45) is 0 Å². The molecule has 1 radical (unpaired) electrons. The summed E-state index contributed by atoms with van der Waals surface area (Å²) >= 11 is 6.01. The number of hydrogen-bond acceptors (Lipinski definition) is 3. The van der Waals surface area contributed by atoms with Crippen LogP contribution in [0.25, 0.3) is 11.1 Å². The Hall–Kier alpha value is -2.00. The molecule has 1 aromatic heterocycles. The van der Waals surface area contributed by atoms with E-state index in [1.165, 1.54) is 0 Å². The maximum absolute atomic E-state index is 6.01. The number of halogens is 1. The van der Waals surface area contributed by atoms with Crippen LogP contribution in [-0.4, -0.2) is 4.98 Å². The summed E-state index contributed by atoms with van der Waals surface area (Å²) in [6, 6.07) is 16.2. The van der Waals surface area contributed by atoms with Crippen LogP contribution < -0.4 is 5.32 Å². The highest BCUT2D eigenvalue weighted by Gasteiger charge is 2.06. The molecule has 0 unspecified atom stereocenters. The molecular weight excluding hydrogens is 236 g/mol. The minimum Gasteiger partial charge on any atom is -0.423 e. The first-order valence-electron chi connectivity index (χ1n) is 5.11. The lowest BCUT2D eigenvalue weighted by atomic mass is 10.3. The van der Waals surface area contributed by atoms with Crippen molar-refractivity contribution >= 4 is 34.4 Å². The van der Waals surface area contributed by atoms with Crippen molar-refractivity contribution in [3.8, 4) is 0 Å². The zero-order valence-corrected chi connectivity index (χ0v) is 9.53. The van der Waals surface area contributed by atoms with Gasteiger partial charge in [-0.15, -0.1) is 0 Å². The van der Waals surface area contributed by atoms with Crippen molar-refractivity contribution < 1.29 is 4.42 Å². The number of anilines is 2. The number of rotatable bonds is 2. The van der Waals surface area contributed by atoms with Crippen LogP contribution in [0.3, 0.4) is 0 Å². The first-order chi connectivity index (χ1) is 8.33. The number of oxazole rings is 1. The van der Waals surface area contributed by atoms with Crippen molar-refractivity contribution in [3.63, 3.8) is 0 Å². The maximum atomic E-state index is 6.01.